The summed E-state index contributed by atoms with van der Waals surface area (Å²) in [5.74, 6) is 0.498. The van der Waals surface area contributed by atoms with Crippen molar-refractivity contribution >= 4 is 0 Å². The molecule has 0 radical (unpaired) electrons. The van der Waals surface area contributed by atoms with Crippen molar-refractivity contribution in [3.05, 3.63) is 35.4 Å². The average molecular weight is 191 g/mol. The van der Waals surface area contributed by atoms with E-state index in [0.717, 1.165) is 6.42 Å². The number of benzene rings is 1. The lowest BCUT2D eigenvalue weighted by Gasteiger charge is -2.36. The van der Waals surface area contributed by atoms with E-state index in [9.17, 15) is 5.11 Å². The van der Waals surface area contributed by atoms with Crippen molar-refractivity contribution in [3.8, 4) is 0 Å². The maximum atomic E-state index is 10.0. The molecule has 0 amide bonds. The number of fused-ring (bicyclic) bond motifs is 1. The van der Waals surface area contributed by atoms with Crippen molar-refractivity contribution < 1.29 is 5.11 Å². The fourth-order valence-corrected chi connectivity index (χ4v) is 2.14. The van der Waals surface area contributed by atoms with Crippen LogP contribution < -0.4 is 5.73 Å². The van der Waals surface area contributed by atoms with Crippen molar-refractivity contribution in [1.82, 2.24) is 0 Å². The van der Waals surface area contributed by atoms with Gasteiger partial charge in [-0.05, 0) is 30.0 Å². The summed E-state index contributed by atoms with van der Waals surface area (Å²) in [4.78, 5) is 0. The zero-order valence-corrected chi connectivity index (χ0v) is 8.48. The van der Waals surface area contributed by atoms with Gasteiger partial charge in [-0.2, -0.15) is 0 Å². The summed E-state index contributed by atoms with van der Waals surface area (Å²) in [5.41, 5.74) is 8.23. The third-order valence-electron chi connectivity index (χ3n) is 3.26. The zero-order chi connectivity index (χ0) is 10.1. The molecule has 1 aliphatic carbocycles. The SMILES string of the molecule is CC(CN)C(O)C1Cc2ccccc21. The first-order chi connectivity index (χ1) is 6.74. The summed E-state index contributed by atoms with van der Waals surface area (Å²) >= 11 is 0. The van der Waals surface area contributed by atoms with Crippen molar-refractivity contribution in [2.45, 2.75) is 25.4 Å². The van der Waals surface area contributed by atoms with E-state index < -0.39 is 0 Å². The lowest BCUT2D eigenvalue weighted by Crippen LogP contribution is -2.36. The maximum Gasteiger partial charge on any atom is 0.0649 e. The molecular formula is C12H17NO. The summed E-state index contributed by atoms with van der Waals surface area (Å²) in [6.45, 7) is 2.56. The lowest BCUT2D eigenvalue weighted by molar-refractivity contribution is 0.0835. The summed E-state index contributed by atoms with van der Waals surface area (Å²) in [6.07, 6.45) is 0.719. The molecule has 2 nitrogen and oxygen atoms in total. The summed E-state index contributed by atoms with van der Waals surface area (Å²) < 4.78 is 0. The van der Waals surface area contributed by atoms with Gasteiger partial charge in [0.25, 0.3) is 0 Å². The number of hydrogen-bond donors (Lipinski definition) is 2. The number of hydrogen-bond acceptors (Lipinski definition) is 2. The van der Waals surface area contributed by atoms with E-state index in [2.05, 4.69) is 12.1 Å². The Morgan fingerprint density at radius 2 is 2.21 bits per heavy atom. The Balaban J connectivity index is 2.11. The minimum absolute atomic E-state index is 0.188. The molecule has 0 heterocycles. The molecule has 0 aromatic heterocycles. The highest BCUT2D eigenvalue weighted by molar-refractivity contribution is 5.40. The largest absolute Gasteiger partial charge is 0.392 e. The van der Waals surface area contributed by atoms with Crippen molar-refractivity contribution in [3.63, 3.8) is 0 Å². The molecule has 2 rings (SSSR count). The van der Waals surface area contributed by atoms with E-state index in [0.29, 0.717) is 12.5 Å². The normalized spacial score (nSPS) is 23.5. The molecule has 1 aliphatic rings. The van der Waals surface area contributed by atoms with Gasteiger partial charge in [0, 0.05) is 5.92 Å². The third kappa shape index (κ3) is 1.45. The van der Waals surface area contributed by atoms with Crippen molar-refractivity contribution in [2.75, 3.05) is 6.54 Å². The maximum absolute atomic E-state index is 10.0. The second-order valence-electron chi connectivity index (χ2n) is 4.21. The molecule has 1 aromatic carbocycles. The first-order valence-electron chi connectivity index (χ1n) is 5.20. The molecule has 3 unspecified atom stereocenters. The van der Waals surface area contributed by atoms with Crippen LogP contribution in [0.2, 0.25) is 0 Å². The molecule has 0 spiro atoms. The average Bonchev–Trinajstić information content (AvgIpc) is 2.18. The van der Waals surface area contributed by atoms with Crippen LogP contribution in [0.1, 0.15) is 24.0 Å². The van der Waals surface area contributed by atoms with Gasteiger partial charge in [0.2, 0.25) is 0 Å². The topological polar surface area (TPSA) is 46.2 Å². The van der Waals surface area contributed by atoms with Crippen LogP contribution in [0.4, 0.5) is 0 Å². The Hall–Kier alpha value is -0.860. The number of rotatable bonds is 3. The predicted octanol–water partition coefficient (Wildman–Crippen LogP) is 1.28. The van der Waals surface area contributed by atoms with Gasteiger partial charge in [-0.1, -0.05) is 31.2 Å². The van der Waals surface area contributed by atoms with Crippen LogP contribution in [-0.4, -0.2) is 17.8 Å². The second-order valence-corrected chi connectivity index (χ2v) is 4.21. The van der Waals surface area contributed by atoms with Crippen LogP contribution in [0.3, 0.4) is 0 Å². The smallest absolute Gasteiger partial charge is 0.0649 e. The van der Waals surface area contributed by atoms with Gasteiger partial charge in [0.15, 0.2) is 0 Å². The Bertz CT molecular complexity index is 324. The highest BCUT2D eigenvalue weighted by Gasteiger charge is 2.33. The molecule has 76 valence electrons. The van der Waals surface area contributed by atoms with Gasteiger partial charge in [0.1, 0.15) is 0 Å². The Morgan fingerprint density at radius 1 is 1.50 bits per heavy atom. The molecule has 2 heteroatoms. The summed E-state index contributed by atoms with van der Waals surface area (Å²) in [7, 11) is 0. The van der Waals surface area contributed by atoms with E-state index in [1.54, 1.807) is 0 Å². The lowest BCUT2D eigenvalue weighted by atomic mass is 9.72. The zero-order valence-electron chi connectivity index (χ0n) is 8.48. The van der Waals surface area contributed by atoms with Gasteiger partial charge < -0.3 is 10.8 Å². The molecule has 0 fully saturated rings. The molecule has 3 N–H and O–H groups in total. The number of aliphatic hydroxyl groups excluding tert-OH is 1. The van der Waals surface area contributed by atoms with Crippen LogP contribution >= 0.6 is 0 Å². The highest BCUT2D eigenvalue weighted by atomic mass is 16.3. The summed E-state index contributed by atoms with van der Waals surface area (Å²) in [5, 5.41) is 10.0. The van der Waals surface area contributed by atoms with E-state index >= 15 is 0 Å². The fraction of sp³-hybridized carbons (Fsp3) is 0.500. The molecular weight excluding hydrogens is 174 g/mol. The van der Waals surface area contributed by atoms with E-state index in [1.807, 2.05) is 19.1 Å². The van der Waals surface area contributed by atoms with Crippen LogP contribution in [0.25, 0.3) is 0 Å². The monoisotopic (exact) mass is 191 g/mol. The quantitative estimate of drug-likeness (QED) is 0.756. The van der Waals surface area contributed by atoms with E-state index in [-0.39, 0.29) is 12.0 Å². The minimum Gasteiger partial charge on any atom is -0.392 e. The van der Waals surface area contributed by atoms with Gasteiger partial charge in [-0.3, -0.25) is 0 Å². The van der Waals surface area contributed by atoms with Crippen molar-refractivity contribution in [2.24, 2.45) is 11.7 Å². The third-order valence-corrected chi connectivity index (χ3v) is 3.26. The molecule has 0 bridgehead atoms. The minimum atomic E-state index is -0.283. The van der Waals surface area contributed by atoms with Crippen LogP contribution in [0, 0.1) is 5.92 Å². The molecule has 3 atom stereocenters. The Kier molecular flexibility index (Phi) is 2.57. The first kappa shape index (κ1) is 9.69. The molecule has 1 aromatic rings. The van der Waals surface area contributed by atoms with Crippen LogP contribution in [-0.2, 0) is 6.42 Å². The van der Waals surface area contributed by atoms with Crippen LogP contribution in [0.5, 0.6) is 0 Å². The fourth-order valence-electron chi connectivity index (χ4n) is 2.14. The Morgan fingerprint density at radius 3 is 2.86 bits per heavy atom. The number of nitrogens with two attached hydrogens (primary N) is 1. The Labute approximate surface area is 84.7 Å². The molecule has 0 aliphatic heterocycles. The van der Waals surface area contributed by atoms with Crippen molar-refractivity contribution in [1.29, 1.82) is 0 Å². The first-order valence-corrected chi connectivity index (χ1v) is 5.20. The standard InChI is InChI=1S/C12H17NO/c1-8(7-13)12(14)11-6-9-4-2-3-5-10(9)11/h2-5,8,11-12,14H,6-7,13H2,1H3. The molecule has 14 heavy (non-hydrogen) atoms. The molecule has 0 saturated heterocycles. The highest BCUT2D eigenvalue weighted by Crippen LogP contribution is 2.39. The van der Waals surface area contributed by atoms with Gasteiger partial charge in [-0.25, -0.2) is 0 Å². The van der Waals surface area contributed by atoms with E-state index in [1.165, 1.54) is 11.1 Å². The molecule has 0 saturated carbocycles. The van der Waals surface area contributed by atoms with Gasteiger partial charge >= 0.3 is 0 Å². The van der Waals surface area contributed by atoms with E-state index in [4.69, 9.17) is 5.73 Å². The predicted molar refractivity (Wildman–Crippen MR) is 57.1 cm³/mol. The number of aliphatic hydroxyl groups is 1. The van der Waals surface area contributed by atoms with Gasteiger partial charge in [-0.15, -0.1) is 0 Å². The van der Waals surface area contributed by atoms with Crippen LogP contribution in [0.15, 0.2) is 24.3 Å². The summed E-state index contributed by atoms with van der Waals surface area (Å²) in [6, 6.07) is 8.32. The second kappa shape index (κ2) is 3.71. The van der Waals surface area contributed by atoms with Gasteiger partial charge in [0.05, 0.1) is 6.10 Å².